The minimum Gasteiger partial charge on any atom is -0.488 e. The van der Waals surface area contributed by atoms with Gasteiger partial charge in [-0.2, -0.15) is 0 Å². The molecule has 3 aromatic carbocycles. The molecule has 0 unspecified atom stereocenters. The molecule has 0 aliphatic heterocycles. The van der Waals surface area contributed by atoms with Gasteiger partial charge in [0.05, 0.1) is 5.56 Å². The van der Waals surface area contributed by atoms with E-state index in [9.17, 15) is 4.79 Å². The molecule has 126 valence electrons. The number of benzene rings is 3. The first-order chi connectivity index (χ1) is 12.2. The zero-order valence-corrected chi connectivity index (χ0v) is 14.6. The summed E-state index contributed by atoms with van der Waals surface area (Å²) in [5.74, 6) is 1.10. The number of carbonyl (C=O) groups excluding carboxylic acids is 1. The highest BCUT2D eigenvalue weighted by Crippen LogP contribution is 2.31. The summed E-state index contributed by atoms with van der Waals surface area (Å²) in [6.07, 6.45) is 0.881. The number of aldehydes is 1. The summed E-state index contributed by atoms with van der Waals surface area (Å²) in [5, 5.41) is 0. The van der Waals surface area contributed by atoms with E-state index in [0.717, 1.165) is 23.0 Å². The van der Waals surface area contributed by atoms with Crippen molar-refractivity contribution >= 4 is 6.29 Å². The van der Waals surface area contributed by atoms with E-state index in [-0.39, 0.29) is 0 Å². The average Bonchev–Trinajstić information content (AvgIpc) is 2.67. The molecule has 3 aromatic rings. The first kappa shape index (κ1) is 17.0. The lowest BCUT2D eigenvalue weighted by molar-refractivity contribution is 0.111. The quantitative estimate of drug-likeness (QED) is 0.528. The Morgan fingerprint density at radius 1 is 0.880 bits per heavy atom. The predicted octanol–water partition coefficient (Wildman–Crippen LogP) is 5.87. The van der Waals surface area contributed by atoms with E-state index in [1.165, 1.54) is 5.56 Å². The zero-order chi connectivity index (χ0) is 17.6. The third-order valence-corrected chi connectivity index (χ3v) is 4.31. The van der Waals surface area contributed by atoms with Gasteiger partial charge in [-0.1, -0.05) is 80.6 Å². The average molecular weight is 330 g/mol. The van der Waals surface area contributed by atoms with Gasteiger partial charge in [-0.25, -0.2) is 0 Å². The molecule has 0 fully saturated rings. The lowest BCUT2D eigenvalue weighted by atomic mass is 9.96. The van der Waals surface area contributed by atoms with Crippen LogP contribution in [0.2, 0.25) is 0 Å². The molecule has 0 spiro atoms. The van der Waals surface area contributed by atoms with Crippen LogP contribution in [0.15, 0.2) is 72.8 Å². The van der Waals surface area contributed by atoms with E-state index in [4.69, 9.17) is 4.74 Å². The van der Waals surface area contributed by atoms with Crippen LogP contribution < -0.4 is 4.74 Å². The Hall–Kier alpha value is -2.87. The molecule has 0 N–H and O–H groups in total. The van der Waals surface area contributed by atoms with Crippen LogP contribution in [-0.4, -0.2) is 6.29 Å². The summed E-state index contributed by atoms with van der Waals surface area (Å²) in [5.41, 5.74) is 4.88. The number of hydrogen-bond acceptors (Lipinski definition) is 2. The Morgan fingerprint density at radius 3 is 2.24 bits per heavy atom. The molecular weight excluding hydrogens is 308 g/mol. The lowest BCUT2D eigenvalue weighted by Crippen LogP contribution is -1.99. The molecule has 3 rings (SSSR count). The van der Waals surface area contributed by atoms with E-state index in [2.05, 4.69) is 38.1 Å². The summed E-state index contributed by atoms with van der Waals surface area (Å²) in [6, 6.07) is 24.1. The fraction of sp³-hybridized carbons (Fsp3) is 0.174. The molecule has 0 amide bonds. The molecule has 0 aliphatic rings. The van der Waals surface area contributed by atoms with Gasteiger partial charge in [0.1, 0.15) is 12.4 Å². The van der Waals surface area contributed by atoms with Crippen molar-refractivity contribution in [2.24, 2.45) is 0 Å². The molecule has 2 heteroatoms. The number of hydrogen-bond donors (Lipinski definition) is 0. The molecule has 0 bridgehead atoms. The van der Waals surface area contributed by atoms with Gasteiger partial charge in [0.2, 0.25) is 0 Å². The Bertz CT molecular complexity index is 834. The van der Waals surface area contributed by atoms with Crippen molar-refractivity contribution in [3.63, 3.8) is 0 Å². The van der Waals surface area contributed by atoms with Gasteiger partial charge in [0, 0.05) is 0 Å². The molecule has 0 aliphatic carbocycles. The third-order valence-electron chi connectivity index (χ3n) is 4.31. The second kappa shape index (κ2) is 7.80. The standard InChI is InChI=1S/C23H22O2/c1-17(2)19-11-13-20(14-12-19)21-9-6-10-23(22(21)15-24)25-16-18-7-4-3-5-8-18/h3-15,17H,16H2,1-2H3. The van der Waals surface area contributed by atoms with Gasteiger partial charge in [-0.3, -0.25) is 4.79 Å². The lowest BCUT2D eigenvalue weighted by Gasteiger charge is -2.13. The summed E-state index contributed by atoms with van der Waals surface area (Å²) in [4.78, 5) is 11.7. The van der Waals surface area contributed by atoms with Crippen LogP contribution in [0.4, 0.5) is 0 Å². The molecule has 0 saturated carbocycles. The Kier molecular flexibility index (Phi) is 5.30. The van der Waals surface area contributed by atoms with Crippen molar-refractivity contribution in [2.45, 2.75) is 26.4 Å². The van der Waals surface area contributed by atoms with Crippen LogP contribution in [0.25, 0.3) is 11.1 Å². The van der Waals surface area contributed by atoms with Gasteiger partial charge in [-0.05, 0) is 34.2 Å². The van der Waals surface area contributed by atoms with Gasteiger partial charge in [0.15, 0.2) is 6.29 Å². The minimum absolute atomic E-state index is 0.442. The zero-order valence-electron chi connectivity index (χ0n) is 14.6. The molecule has 25 heavy (non-hydrogen) atoms. The summed E-state index contributed by atoms with van der Waals surface area (Å²) in [6.45, 7) is 4.78. The maximum Gasteiger partial charge on any atom is 0.154 e. The molecule has 2 nitrogen and oxygen atoms in total. The number of ether oxygens (including phenoxy) is 1. The van der Waals surface area contributed by atoms with Crippen molar-refractivity contribution < 1.29 is 9.53 Å². The smallest absolute Gasteiger partial charge is 0.154 e. The summed E-state index contributed by atoms with van der Waals surface area (Å²) >= 11 is 0. The Labute approximate surface area is 149 Å². The highest BCUT2D eigenvalue weighted by Gasteiger charge is 2.11. The van der Waals surface area contributed by atoms with Crippen LogP contribution >= 0.6 is 0 Å². The monoisotopic (exact) mass is 330 g/mol. The van der Waals surface area contributed by atoms with Crippen LogP contribution in [0.5, 0.6) is 5.75 Å². The molecule has 0 saturated heterocycles. The third kappa shape index (κ3) is 3.97. The van der Waals surface area contributed by atoms with E-state index in [0.29, 0.717) is 23.8 Å². The fourth-order valence-corrected chi connectivity index (χ4v) is 2.83. The van der Waals surface area contributed by atoms with Crippen molar-refractivity contribution in [1.29, 1.82) is 0 Å². The van der Waals surface area contributed by atoms with Crippen molar-refractivity contribution in [2.75, 3.05) is 0 Å². The SMILES string of the molecule is CC(C)c1ccc(-c2cccc(OCc3ccccc3)c2C=O)cc1. The van der Waals surface area contributed by atoms with Gasteiger partial charge >= 0.3 is 0 Å². The van der Waals surface area contributed by atoms with Gasteiger partial charge < -0.3 is 4.74 Å². The molecule has 0 radical (unpaired) electrons. The Balaban J connectivity index is 1.89. The van der Waals surface area contributed by atoms with E-state index in [1.54, 1.807) is 0 Å². The van der Waals surface area contributed by atoms with Gasteiger partial charge in [0.25, 0.3) is 0 Å². The molecule has 0 aromatic heterocycles. The maximum atomic E-state index is 11.7. The summed E-state index contributed by atoms with van der Waals surface area (Å²) in [7, 11) is 0. The first-order valence-electron chi connectivity index (χ1n) is 8.54. The second-order valence-corrected chi connectivity index (χ2v) is 6.39. The van der Waals surface area contributed by atoms with Crippen LogP contribution in [0, 0.1) is 0 Å². The molecule has 0 atom stereocenters. The topological polar surface area (TPSA) is 26.3 Å². The van der Waals surface area contributed by atoms with Crippen molar-refractivity contribution in [3.05, 3.63) is 89.5 Å². The predicted molar refractivity (Wildman–Crippen MR) is 102 cm³/mol. The normalized spacial score (nSPS) is 10.7. The molecule has 0 heterocycles. The minimum atomic E-state index is 0.442. The van der Waals surface area contributed by atoms with E-state index >= 15 is 0 Å². The van der Waals surface area contributed by atoms with Gasteiger partial charge in [-0.15, -0.1) is 0 Å². The first-order valence-corrected chi connectivity index (χ1v) is 8.54. The highest BCUT2D eigenvalue weighted by molar-refractivity contribution is 5.91. The van der Waals surface area contributed by atoms with Crippen LogP contribution in [-0.2, 0) is 6.61 Å². The van der Waals surface area contributed by atoms with Crippen LogP contribution in [0.3, 0.4) is 0 Å². The van der Waals surface area contributed by atoms with Crippen molar-refractivity contribution in [3.8, 4) is 16.9 Å². The fourth-order valence-electron chi connectivity index (χ4n) is 2.83. The van der Waals surface area contributed by atoms with Crippen molar-refractivity contribution in [1.82, 2.24) is 0 Å². The highest BCUT2D eigenvalue weighted by atomic mass is 16.5. The second-order valence-electron chi connectivity index (χ2n) is 6.39. The number of rotatable bonds is 6. The maximum absolute atomic E-state index is 11.7. The van der Waals surface area contributed by atoms with E-state index < -0.39 is 0 Å². The largest absolute Gasteiger partial charge is 0.488 e. The van der Waals surface area contributed by atoms with Crippen LogP contribution in [0.1, 0.15) is 41.3 Å². The molecular formula is C23H22O2. The summed E-state index contributed by atoms with van der Waals surface area (Å²) < 4.78 is 5.91. The number of carbonyl (C=O) groups is 1. The Morgan fingerprint density at radius 2 is 1.60 bits per heavy atom. The van der Waals surface area contributed by atoms with E-state index in [1.807, 2.05) is 48.5 Å².